The third-order valence-electron chi connectivity index (χ3n) is 6.39. The van der Waals surface area contributed by atoms with E-state index in [1.807, 2.05) is 0 Å². The molecule has 4 heterocycles. The highest BCUT2D eigenvalue weighted by Crippen LogP contribution is 2.39. The second-order valence-electron chi connectivity index (χ2n) is 10.1. The molecule has 44 heavy (non-hydrogen) atoms. The van der Waals surface area contributed by atoms with Crippen LogP contribution in [0.25, 0.3) is 22.5 Å². The van der Waals surface area contributed by atoms with Gasteiger partial charge in [-0.2, -0.15) is 26.3 Å². The summed E-state index contributed by atoms with van der Waals surface area (Å²) in [5.41, 5.74) is -5.41. The van der Waals surface area contributed by atoms with E-state index in [-0.39, 0.29) is 50.6 Å². The minimum atomic E-state index is -5.07. The van der Waals surface area contributed by atoms with Crippen molar-refractivity contribution in [2.45, 2.75) is 38.3 Å². The van der Waals surface area contributed by atoms with E-state index in [1.54, 1.807) is 0 Å². The van der Waals surface area contributed by atoms with Crippen molar-refractivity contribution in [2.75, 3.05) is 0 Å². The number of pyridine rings is 2. The third-order valence-corrected chi connectivity index (χ3v) is 6.69. The summed E-state index contributed by atoms with van der Waals surface area (Å²) in [6, 6.07) is 5.49. The molecule has 0 amide bonds. The monoisotopic (exact) mass is 636 g/mol. The number of ketones is 1. The molecule has 0 fully saturated rings. The minimum Gasteiger partial charge on any atom is -0.382 e. The predicted molar refractivity (Wildman–Crippen MR) is 142 cm³/mol. The lowest BCUT2D eigenvalue weighted by atomic mass is 9.93. The molecule has 1 N–H and O–H groups in total. The summed E-state index contributed by atoms with van der Waals surface area (Å²) >= 11 is 6.30. The molecular weight excluding hydrogens is 618 g/mol. The molecule has 0 bridgehead atoms. The Morgan fingerprint density at radius 3 is 2.14 bits per heavy atom. The predicted octanol–water partition coefficient (Wildman–Crippen LogP) is 6.59. The van der Waals surface area contributed by atoms with Gasteiger partial charge in [-0.05, 0) is 55.8 Å². The van der Waals surface area contributed by atoms with Gasteiger partial charge in [0.15, 0.2) is 11.5 Å². The Labute approximate surface area is 249 Å². The molecular formula is C28H19ClF6N6O3. The van der Waals surface area contributed by atoms with E-state index in [0.29, 0.717) is 12.1 Å². The van der Waals surface area contributed by atoms with Gasteiger partial charge in [0.2, 0.25) is 5.78 Å². The summed E-state index contributed by atoms with van der Waals surface area (Å²) in [4.78, 5) is 22.0. The van der Waals surface area contributed by atoms with Crippen molar-refractivity contribution in [3.8, 4) is 22.5 Å². The van der Waals surface area contributed by atoms with Gasteiger partial charge in [0, 0.05) is 35.9 Å². The van der Waals surface area contributed by atoms with Crippen LogP contribution in [0, 0.1) is 0 Å². The number of aliphatic hydroxyl groups is 1. The highest BCUT2D eigenvalue weighted by molar-refractivity contribution is 6.33. The number of carbonyl (C=O) groups excluding carboxylic acids is 1. The average Bonchev–Trinajstić information content (AvgIpc) is 3.57. The third kappa shape index (κ3) is 6.05. The number of rotatable bonds is 7. The molecule has 5 aromatic rings. The maximum absolute atomic E-state index is 14.2. The Hall–Kier alpha value is -4.63. The normalized spacial score (nSPS) is 12.5. The summed E-state index contributed by atoms with van der Waals surface area (Å²) in [7, 11) is 0. The van der Waals surface area contributed by atoms with Crippen LogP contribution in [0.1, 0.15) is 52.3 Å². The quantitative estimate of drug-likeness (QED) is 0.157. The van der Waals surface area contributed by atoms with E-state index in [9.17, 15) is 36.2 Å². The van der Waals surface area contributed by atoms with Gasteiger partial charge >= 0.3 is 12.4 Å². The number of hydrogen-bond acceptors (Lipinski definition) is 8. The van der Waals surface area contributed by atoms with E-state index in [0.717, 1.165) is 4.68 Å². The zero-order valence-electron chi connectivity index (χ0n) is 22.6. The lowest BCUT2D eigenvalue weighted by Gasteiger charge is -2.16. The molecule has 0 spiro atoms. The zero-order valence-corrected chi connectivity index (χ0v) is 23.3. The van der Waals surface area contributed by atoms with E-state index in [1.165, 1.54) is 56.8 Å². The highest BCUT2D eigenvalue weighted by atomic mass is 35.5. The van der Waals surface area contributed by atoms with Gasteiger partial charge in [-0.1, -0.05) is 22.0 Å². The van der Waals surface area contributed by atoms with Crippen LogP contribution in [-0.2, 0) is 24.5 Å². The van der Waals surface area contributed by atoms with Crippen LogP contribution in [-0.4, -0.2) is 41.0 Å². The first-order valence-electron chi connectivity index (χ1n) is 12.5. The van der Waals surface area contributed by atoms with Gasteiger partial charge in [0.25, 0.3) is 0 Å². The van der Waals surface area contributed by atoms with E-state index >= 15 is 0 Å². The van der Waals surface area contributed by atoms with Crippen molar-refractivity contribution in [3.63, 3.8) is 0 Å². The molecule has 0 saturated carbocycles. The molecule has 0 aliphatic rings. The first kappa shape index (κ1) is 30.8. The highest BCUT2D eigenvalue weighted by Gasteiger charge is 2.38. The molecule has 0 aliphatic heterocycles. The number of hydrogen-bond donors (Lipinski definition) is 1. The molecule has 0 saturated heterocycles. The van der Waals surface area contributed by atoms with Crippen LogP contribution in [0.3, 0.4) is 0 Å². The van der Waals surface area contributed by atoms with Gasteiger partial charge in [-0.25, -0.2) is 4.68 Å². The standard InChI is InChI=1S/C28H19ClF6N6O3/c1-26(2,43)25-20(21(39-44-25)18-5-8-37-12-19(18)29)24(42)22-23(15-3-6-36-7-4-15)41(40-38-22)13-14-9-16(27(30,31)32)11-17(10-14)28(33,34)35/h3-12,43H,13H2,1-2H3. The Morgan fingerprint density at radius 2 is 1.57 bits per heavy atom. The number of halogens is 7. The Morgan fingerprint density at radius 1 is 0.955 bits per heavy atom. The molecule has 1 aromatic carbocycles. The molecule has 0 aliphatic carbocycles. The van der Waals surface area contributed by atoms with Crippen molar-refractivity contribution in [1.82, 2.24) is 30.1 Å². The Kier molecular flexibility index (Phi) is 7.80. The van der Waals surface area contributed by atoms with Crippen molar-refractivity contribution < 1.29 is 40.8 Å². The largest absolute Gasteiger partial charge is 0.416 e. The van der Waals surface area contributed by atoms with Crippen molar-refractivity contribution >= 4 is 17.4 Å². The van der Waals surface area contributed by atoms with Crippen LogP contribution >= 0.6 is 11.6 Å². The maximum atomic E-state index is 14.2. The van der Waals surface area contributed by atoms with Crippen LogP contribution < -0.4 is 0 Å². The molecule has 4 aromatic heterocycles. The smallest absolute Gasteiger partial charge is 0.382 e. The van der Waals surface area contributed by atoms with Crippen molar-refractivity contribution in [2.24, 2.45) is 0 Å². The van der Waals surface area contributed by atoms with Crippen molar-refractivity contribution in [3.05, 3.63) is 99.9 Å². The molecule has 16 heteroatoms. The van der Waals surface area contributed by atoms with Crippen LogP contribution in [0.15, 0.2) is 65.7 Å². The zero-order chi connectivity index (χ0) is 32.0. The molecule has 0 atom stereocenters. The number of nitrogens with zero attached hydrogens (tertiary/aromatic N) is 6. The fraction of sp³-hybridized carbons (Fsp3) is 0.214. The van der Waals surface area contributed by atoms with Gasteiger partial charge in [-0.3, -0.25) is 14.8 Å². The first-order chi connectivity index (χ1) is 20.6. The summed E-state index contributed by atoms with van der Waals surface area (Å²) in [5, 5.41) is 22.8. The second kappa shape index (κ2) is 11.1. The first-order valence-corrected chi connectivity index (χ1v) is 12.9. The van der Waals surface area contributed by atoms with E-state index < -0.39 is 47.0 Å². The van der Waals surface area contributed by atoms with Crippen LogP contribution in [0.4, 0.5) is 26.3 Å². The fourth-order valence-corrected chi connectivity index (χ4v) is 4.65. The lowest BCUT2D eigenvalue weighted by Crippen LogP contribution is -2.20. The molecule has 0 unspecified atom stereocenters. The fourth-order valence-electron chi connectivity index (χ4n) is 4.44. The summed E-state index contributed by atoms with van der Waals surface area (Å²) in [6.45, 7) is 2.05. The summed E-state index contributed by atoms with van der Waals surface area (Å²) < 4.78 is 87.5. The lowest BCUT2D eigenvalue weighted by molar-refractivity contribution is -0.143. The Bertz CT molecular complexity index is 1810. The molecule has 0 radical (unpaired) electrons. The summed E-state index contributed by atoms with van der Waals surface area (Å²) in [6.07, 6.45) is -4.74. The Balaban J connectivity index is 1.70. The van der Waals surface area contributed by atoms with E-state index in [2.05, 4.69) is 25.4 Å². The molecule has 5 rings (SSSR count). The van der Waals surface area contributed by atoms with Crippen LogP contribution in [0.2, 0.25) is 5.02 Å². The molecule has 9 nitrogen and oxygen atoms in total. The van der Waals surface area contributed by atoms with Gasteiger partial charge in [0.05, 0.1) is 28.3 Å². The summed E-state index contributed by atoms with van der Waals surface area (Å²) in [5.74, 6) is -1.13. The topological polar surface area (TPSA) is 120 Å². The van der Waals surface area contributed by atoms with Crippen molar-refractivity contribution in [1.29, 1.82) is 0 Å². The van der Waals surface area contributed by atoms with Gasteiger partial charge in [-0.15, -0.1) is 5.10 Å². The van der Waals surface area contributed by atoms with Crippen LogP contribution in [0.5, 0.6) is 0 Å². The SMILES string of the molecule is CC(C)(O)c1onc(-c2ccncc2Cl)c1C(=O)c1nnn(Cc2cc(C(F)(F)F)cc(C(F)(F)F)c2)c1-c1ccncc1. The molecule has 228 valence electrons. The number of aromatic nitrogens is 6. The number of alkyl halides is 6. The average molecular weight is 637 g/mol. The van der Waals surface area contributed by atoms with E-state index in [4.69, 9.17) is 16.1 Å². The minimum absolute atomic E-state index is 0.0133. The second-order valence-corrected chi connectivity index (χ2v) is 10.5. The van der Waals surface area contributed by atoms with Gasteiger partial charge < -0.3 is 9.63 Å². The maximum Gasteiger partial charge on any atom is 0.416 e. The van der Waals surface area contributed by atoms with Gasteiger partial charge in [0.1, 0.15) is 17.0 Å². The number of carbonyl (C=O) groups is 1. The number of benzene rings is 1.